The Hall–Kier alpha value is -3.81. The lowest BCUT2D eigenvalue weighted by molar-refractivity contribution is -0.143. The minimum atomic E-state index is -1.49. The minimum absolute atomic E-state index is 0.00292. The molecular formula is C25H37N7O6. The molecule has 0 radical (unpaired) electrons. The quantitative estimate of drug-likeness (QED) is 0.119. The van der Waals surface area contributed by atoms with Crippen molar-refractivity contribution in [1.29, 1.82) is 0 Å². The monoisotopic (exact) mass is 531 g/mol. The number of carbonyl (C=O) groups is 4. The molecule has 0 aliphatic rings. The fourth-order valence-corrected chi connectivity index (χ4v) is 3.71. The van der Waals surface area contributed by atoms with Crippen molar-refractivity contribution in [3.05, 3.63) is 54.1 Å². The van der Waals surface area contributed by atoms with Gasteiger partial charge in [0.15, 0.2) is 0 Å². The smallest absolute Gasteiger partial charge is 0.326 e. The standard InChI is InChI=1S/C25H37N7O6/c1-15(33)21(24(36)31-20(25(37)38)11-16-7-3-2-4-8-16)32-23(35)19(12-17-13-28-14-29-17)30-22(34)18(27)9-5-6-10-26/h2-4,7-8,13-15,18-21,33H,5-6,9-12,26-27H2,1H3,(H,28,29)(H,30,34)(H,31,36)(H,32,35)(H,37,38). The Labute approximate surface area is 220 Å². The van der Waals surface area contributed by atoms with E-state index in [1.165, 1.54) is 19.4 Å². The number of carboxylic acid groups (broad SMARTS) is 1. The topological polar surface area (TPSA) is 226 Å². The number of hydrogen-bond donors (Lipinski definition) is 8. The van der Waals surface area contributed by atoms with Gasteiger partial charge in [-0.1, -0.05) is 36.8 Å². The van der Waals surface area contributed by atoms with Gasteiger partial charge in [0.2, 0.25) is 17.7 Å². The summed E-state index contributed by atoms with van der Waals surface area (Å²) in [4.78, 5) is 57.3. The number of carbonyl (C=O) groups excluding carboxylic acids is 3. The van der Waals surface area contributed by atoms with E-state index in [1.807, 2.05) is 0 Å². The maximum atomic E-state index is 13.2. The van der Waals surface area contributed by atoms with Crippen molar-refractivity contribution in [2.75, 3.05) is 6.54 Å². The molecule has 1 aromatic carbocycles. The molecule has 5 unspecified atom stereocenters. The Balaban J connectivity index is 2.12. The number of amides is 3. The molecule has 13 heteroatoms. The number of unbranched alkanes of at least 4 members (excludes halogenated alkanes) is 1. The third-order valence-corrected chi connectivity index (χ3v) is 5.88. The molecule has 0 saturated heterocycles. The fourth-order valence-electron chi connectivity index (χ4n) is 3.71. The van der Waals surface area contributed by atoms with Crippen molar-refractivity contribution in [3.8, 4) is 0 Å². The van der Waals surface area contributed by atoms with Crippen LogP contribution in [0.15, 0.2) is 42.9 Å². The number of rotatable bonds is 16. The highest BCUT2D eigenvalue weighted by atomic mass is 16.4. The van der Waals surface area contributed by atoms with Crippen LogP contribution in [0.5, 0.6) is 0 Å². The van der Waals surface area contributed by atoms with Crippen molar-refractivity contribution in [1.82, 2.24) is 25.9 Å². The van der Waals surface area contributed by atoms with E-state index in [9.17, 15) is 29.4 Å². The fraction of sp³-hybridized carbons (Fsp3) is 0.480. The van der Waals surface area contributed by atoms with Crippen LogP contribution in [0.4, 0.5) is 0 Å². The highest BCUT2D eigenvalue weighted by Crippen LogP contribution is 2.07. The molecule has 0 saturated carbocycles. The summed E-state index contributed by atoms with van der Waals surface area (Å²) in [5.41, 5.74) is 12.7. The van der Waals surface area contributed by atoms with Gasteiger partial charge in [0.05, 0.1) is 18.5 Å². The zero-order chi connectivity index (χ0) is 28.1. The highest BCUT2D eigenvalue weighted by molar-refractivity contribution is 5.94. The molecule has 208 valence electrons. The predicted molar refractivity (Wildman–Crippen MR) is 138 cm³/mol. The number of aliphatic hydroxyl groups excluding tert-OH is 1. The highest BCUT2D eigenvalue weighted by Gasteiger charge is 2.33. The number of aromatic amines is 1. The Morgan fingerprint density at radius 1 is 0.974 bits per heavy atom. The zero-order valence-corrected chi connectivity index (χ0v) is 21.3. The van der Waals surface area contributed by atoms with Gasteiger partial charge in [0.25, 0.3) is 0 Å². The number of carboxylic acids is 1. The molecule has 10 N–H and O–H groups in total. The van der Waals surface area contributed by atoms with Crippen LogP contribution in [0.25, 0.3) is 0 Å². The number of hydrogen-bond acceptors (Lipinski definition) is 8. The first-order valence-corrected chi connectivity index (χ1v) is 12.4. The number of nitrogens with zero attached hydrogens (tertiary/aromatic N) is 1. The van der Waals surface area contributed by atoms with E-state index >= 15 is 0 Å². The Kier molecular flexibility index (Phi) is 12.4. The SMILES string of the molecule is CC(O)C(NC(=O)C(Cc1cnc[nH]1)NC(=O)C(N)CCCCN)C(=O)NC(Cc1ccccc1)C(=O)O. The molecule has 0 aliphatic carbocycles. The van der Waals surface area contributed by atoms with E-state index in [4.69, 9.17) is 11.5 Å². The van der Waals surface area contributed by atoms with Gasteiger partial charge in [-0.05, 0) is 31.9 Å². The zero-order valence-electron chi connectivity index (χ0n) is 21.3. The van der Waals surface area contributed by atoms with Gasteiger partial charge in [0.1, 0.15) is 18.1 Å². The summed E-state index contributed by atoms with van der Waals surface area (Å²) in [6.45, 7) is 1.75. The number of H-pyrrole nitrogens is 1. The molecule has 0 fully saturated rings. The Bertz CT molecular complexity index is 1030. The van der Waals surface area contributed by atoms with Crippen molar-refractivity contribution >= 4 is 23.7 Å². The summed E-state index contributed by atoms with van der Waals surface area (Å²) >= 11 is 0. The maximum Gasteiger partial charge on any atom is 0.326 e. The molecule has 0 aliphatic heterocycles. The average molecular weight is 532 g/mol. The summed E-state index contributed by atoms with van der Waals surface area (Å²) in [7, 11) is 0. The Morgan fingerprint density at radius 2 is 1.66 bits per heavy atom. The van der Waals surface area contributed by atoms with Gasteiger partial charge in [-0.25, -0.2) is 9.78 Å². The van der Waals surface area contributed by atoms with E-state index in [-0.39, 0.29) is 12.8 Å². The number of aromatic nitrogens is 2. The summed E-state index contributed by atoms with van der Waals surface area (Å²) in [5.74, 6) is -3.49. The number of nitrogens with one attached hydrogen (secondary N) is 4. The van der Waals surface area contributed by atoms with Gasteiger partial charge >= 0.3 is 5.97 Å². The lowest BCUT2D eigenvalue weighted by Gasteiger charge is -2.26. The van der Waals surface area contributed by atoms with Crippen LogP contribution in [0.3, 0.4) is 0 Å². The largest absolute Gasteiger partial charge is 0.480 e. The van der Waals surface area contributed by atoms with Gasteiger partial charge in [-0.2, -0.15) is 0 Å². The summed E-state index contributed by atoms with van der Waals surface area (Å²) in [6.07, 6.45) is 3.25. The molecule has 0 bridgehead atoms. The molecule has 5 atom stereocenters. The van der Waals surface area contributed by atoms with Crippen LogP contribution in [0.1, 0.15) is 37.4 Å². The van der Waals surface area contributed by atoms with Crippen molar-refractivity contribution in [3.63, 3.8) is 0 Å². The van der Waals surface area contributed by atoms with Crippen LogP contribution in [0, 0.1) is 0 Å². The van der Waals surface area contributed by atoms with E-state index in [0.29, 0.717) is 37.1 Å². The van der Waals surface area contributed by atoms with E-state index in [0.717, 1.165) is 0 Å². The number of aliphatic hydroxyl groups is 1. The van der Waals surface area contributed by atoms with Crippen molar-refractivity contribution < 1.29 is 29.4 Å². The van der Waals surface area contributed by atoms with Crippen LogP contribution in [-0.4, -0.2) is 80.7 Å². The third kappa shape index (κ3) is 9.92. The molecular weight excluding hydrogens is 494 g/mol. The second kappa shape index (κ2) is 15.4. The van der Waals surface area contributed by atoms with Gasteiger partial charge < -0.3 is 42.6 Å². The van der Waals surface area contributed by atoms with E-state index in [1.54, 1.807) is 30.3 Å². The minimum Gasteiger partial charge on any atom is -0.480 e. The van der Waals surface area contributed by atoms with Gasteiger partial charge in [-0.3, -0.25) is 14.4 Å². The normalized spacial score (nSPS) is 14.9. The molecule has 13 nitrogen and oxygen atoms in total. The van der Waals surface area contributed by atoms with Gasteiger partial charge in [0, 0.05) is 24.7 Å². The maximum absolute atomic E-state index is 13.2. The van der Waals surface area contributed by atoms with Crippen LogP contribution < -0.4 is 27.4 Å². The van der Waals surface area contributed by atoms with Crippen molar-refractivity contribution in [2.45, 2.75) is 69.3 Å². The van der Waals surface area contributed by atoms with Crippen LogP contribution in [0.2, 0.25) is 0 Å². The van der Waals surface area contributed by atoms with Crippen LogP contribution >= 0.6 is 0 Å². The molecule has 2 rings (SSSR count). The van der Waals surface area contributed by atoms with Crippen molar-refractivity contribution in [2.24, 2.45) is 11.5 Å². The lowest BCUT2D eigenvalue weighted by Crippen LogP contribution is -2.60. The average Bonchev–Trinajstić information content (AvgIpc) is 3.39. The van der Waals surface area contributed by atoms with E-state index in [2.05, 4.69) is 25.9 Å². The first-order valence-electron chi connectivity index (χ1n) is 12.4. The predicted octanol–water partition coefficient (Wildman–Crippen LogP) is -1.43. The van der Waals surface area contributed by atoms with Crippen LogP contribution in [-0.2, 0) is 32.0 Å². The number of aliphatic carboxylic acids is 1. The molecule has 2 aromatic rings. The first-order chi connectivity index (χ1) is 18.1. The second-order valence-corrected chi connectivity index (χ2v) is 9.05. The number of benzene rings is 1. The molecule has 0 spiro atoms. The number of imidazole rings is 1. The number of nitrogens with two attached hydrogens (primary N) is 2. The first kappa shape index (κ1) is 30.4. The molecule has 1 aromatic heterocycles. The third-order valence-electron chi connectivity index (χ3n) is 5.88. The molecule has 38 heavy (non-hydrogen) atoms. The van der Waals surface area contributed by atoms with E-state index < -0.39 is 54.0 Å². The van der Waals surface area contributed by atoms with Gasteiger partial charge in [-0.15, -0.1) is 0 Å². The second-order valence-electron chi connectivity index (χ2n) is 9.05. The Morgan fingerprint density at radius 3 is 2.24 bits per heavy atom. The summed E-state index contributed by atoms with van der Waals surface area (Å²) in [5, 5.41) is 27.3. The summed E-state index contributed by atoms with van der Waals surface area (Å²) in [6, 6.07) is 3.90. The lowest BCUT2D eigenvalue weighted by atomic mass is 10.0. The summed E-state index contributed by atoms with van der Waals surface area (Å²) < 4.78 is 0. The molecule has 1 heterocycles. The molecule has 3 amide bonds.